The summed E-state index contributed by atoms with van der Waals surface area (Å²) in [6, 6.07) is 13.6. The van der Waals surface area contributed by atoms with Crippen LogP contribution in [0.2, 0.25) is 0 Å². The summed E-state index contributed by atoms with van der Waals surface area (Å²) in [5.74, 6) is 0.194. The van der Waals surface area contributed by atoms with Gasteiger partial charge in [0, 0.05) is 10.2 Å². The molecule has 0 bridgehead atoms. The second-order valence-electron chi connectivity index (χ2n) is 5.39. The first-order valence-corrected chi connectivity index (χ1v) is 10.3. The van der Waals surface area contributed by atoms with Crippen LogP contribution >= 0.6 is 15.9 Å². The van der Waals surface area contributed by atoms with Crippen LogP contribution in [0.15, 0.2) is 65.7 Å². The Morgan fingerprint density at radius 2 is 1.88 bits per heavy atom. The molecule has 0 fully saturated rings. The first-order chi connectivity index (χ1) is 12.3. The van der Waals surface area contributed by atoms with E-state index < -0.39 is 15.9 Å². The molecule has 2 aromatic carbocycles. The number of carbonyl (C=O) groups is 1. The minimum atomic E-state index is -3.63. The number of rotatable bonds is 8. The summed E-state index contributed by atoms with van der Waals surface area (Å²) in [7, 11) is -3.63. The van der Waals surface area contributed by atoms with Gasteiger partial charge in [0.25, 0.3) is 0 Å². The second-order valence-corrected chi connectivity index (χ2v) is 8.15. The molecule has 1 N–H and O–H groups in total. The number of benzene rings is 2. The van der Waals surface area contributed by atoms with Gasteiger partial charge in [-0.25, -0.2) is 8.42 Å². The summed E-state index contributed by atoms with van der Waals surface area (Å²) in [6.07, 6.45) is 2.70. The molecule has 0 unspecified atom stereocenters. The molecule has 0 radical (unpaired) electrons. The molecule has 0 aromatic heterocycles. The molecule has 6 nitrogen and oxygen atoms in total. The quantitative estimate of drug-likeness (QED) is 0.640. The molecule has 0 atom stereocenters. The van der Waals surface area contributed by atoms with E-state index in [1.807, 2.05) is 0 Å². The van der Waals surface area contributed by atoms with E-state index in [0.29, 0.717) is 28.2 Å². The van der Waals surface area contributed by atoms with Gasteiger partial charge in [-0.1, -0.05) is 24.8 Å². The molecular formula is C18H19BrN2O4S. The topological polar surface area (TPSA) is 75.7 Å². The van der Waals surface area contributed by atoms with Crippen molar-refractivity contribution < 1.29 is 17.9 Å². The predicted molar refractivity (Wildman–Crippen MR) is 107 cm³/mol. The molecule has 2 rings (SSSR count). The molecule has 0 saturated heterocycles. The maximum Gasteiger partial charge on any atom is 0.245 e. The van der Waals surface area contributed by atoms with E-state index in [4.69, 9.17) is 4.74 Å². The number of hydrogen-bond donors (Lipinski definition) is 1. The third-order valence-corrected chi connectivity index (χ3v) is 5.11. The van der Waals surface area contributed by atoms with Crippen molar-refractivity contribution in [3.05, 3.63) is 65.7 Å². The lowest BCUT2D eigenvalue weighted by Gasteiger charge is -2.23. The van der Waals surface area contributed by atoms with Crippen LogP contribution in [-0.4, -0.2) is 33.7 Å². The molecule has 26 heavy (non-hydrogen) atoms. The number of ether oxygens (including phenoxy) is 1. The van der Waals surface area contributed by atoms with E-state index in [9.17, 15) is 13.2 Å². The van der Waals surface area contributed by atoms with Gasteiger partial charge in [-0.2, -0.15) is 0 Å². The lowest BCUT2D eigenvalue weighted by molar-refractivity contribution is -0.114. The van der Waals surface area contributed by atoms with Crippen LogP contribution in [-0.2, 0) is 14.8 Å². The summed E-state index contributed by atoms with van der Waals surface area (Å²) < 4.78 is 31.2. The normalized spacial score (nSPS) is 10.8. The fourth-order valence-electron chi connectivity index (χ4n) is 2.16. The van der Waals surface area contributed by atoms with E-state index in [2.05, 4.69) is 27.8 Å². The highest BCUT2D eigenvalue weighted by Crippen LogP contribution is 2.27. The summed E-state index contributed by atoms with van der Waals surface area (Å²) in [5, 5.41) is 2.68. The number of nitrogens with zero attached hydrogens (tertiary/aromatic N) is 1. The largest absolute Gasteiger partial charge is 0.490 e. The van der Waals surface area contributed by atoms with Crippen LogP contribution in [0.25, 0.3) is 0 Å². The zero-order valence-electron chi connectivity index (χ0n) is 14.2. The van der Waals surface area contributed by atoms with Gasteiger partial charge in [-0.3, -0.25) is 9.10 Å². The number of anilines is 2. The van der Waals surface area contributed by atoms with Crippen LogP contribution in [0.3, 0.4) is 0 Å². The molecule has 0 heterocycles. The number of sulfonamides is 1. The Hall–Kier alpha value is -2.32. The molecule has 0 spiro atoms. The van der Waals surface area contributed by atoms with E-state index in [0.717, 1.165) is 10.6 Å². The Morgan fingerprint density at radius 3 is 2.46 bits per heavy atom. The lowest BCUT2D eigenvalue weighted by Crippen LogP contribution is -2.37. The average Bonchev–Trinajstić information content (AvgIpc) is 2.59. The summed E-state index contributed by atoms with van der Waals surface area (Å²) in [4.78, 5) is 12.3. The molecular weight excluding hydrogens is 420 g/mol. The maximum atomic E-state index is 12.3. The van der Waals surface area contributed by atoms with Crippen LogP contribution in [0.1, 0.15) is 0 Å². The zero-order chi connectivity index (χ0) is 19.2. The highest BCUT2D eigenvalue weighted by Gasteiger charge is 2.22. The monoisotopic (exact) mass is 438 g/mol. The number of para-hydroxylation sites is 1. The van der Waals surface area contributed by atoms with E-state index in [-0.39, 0.29) is 6.54 Å². The second kappa shape index (κ2) is 8.86. The Labute approximate surface area is 161 Å². The van der Waals surface area contributed by atoms with Gasteiger partial charge in [0.15, 0.2) is 0 Å². The average molecular weight is 439 g/mol. The zero-order valence-corrected chi connectivity index (χ0v) is 16.6. The van der Waals surface area contributed by atoms with Crippen molar-refractivity contribution in [3.8, 4) is 5.75 Å². The van der Waals surface area contributed by atoms with E-state index >= 15 is 0 Å². The first kappa shape index (κ1) is 20.0. The molecule has 138 valence electrons. The van der Waals surface area contributed by atoms with Gasteiger partial charge in [0.2, 0.25) is 15.9 Å². The number of carbonyl (C=O) groups excluding carboxylic acids is 1. The van der Waals surface area contributed by atoms with Crippen molar-refractivity contribution in [3.63, 3.8) is 0 Å². The smallest absolute Gasteiger partial charge is 0.245 e. The lowest BCUT2D eigenvalue weighted by atomic mass is 10.3. The third-order valence-electron chi connectivity index (χ3n) is 3.31. The standard InChI is InChI=1S/C18H19BrN2O4S/c1-3-12-25-15-10-8-14(9-11-15)20-18(22)13-21(26(2,23)24)17-7-5-4-6-16(17)19/h3-11H,1,12-13H2,2H3,(H,20,22). The third kappa shape index (κ3) is 5.60. The highest BCUT2D eigenvalue weighted by atomic mass is 79.9. The van der Waals surface area contributed by atoms with Crippen molar-refractivity contribution in [1.82, 2.24) is 0 Å². The SMILES string of the molecule is C=CCOc1ccc(NC(=O)CN(c2ccccc2Br)S(C)(=O)=O)cc1. The van der Waals surface area contributed by atoms with Crippen molar-refractivity contribution in [1.29, 1.82) is 0 Å². The van der Waals surface area contributed by atoms with Crippen molar-refractivity contribution in [2.45, 2.75) is 0 Å². The Bertz CT molecular complexity index is 882. The van der Waals surface area contributed by atoms with Crippen LogP contribution in [0, 0.1) is 0 Å². The van der Waals surface area contributed by atoms with Gasteiger partial charge in [0.05, 0.1) is 11.9 Å². The molecule has 1 amide bonds. The summed E-state index contributed by atoms with van der Waals surface area (Å²) >= 11 is 3.32. The van der Waals surface area contributed by atoms with Gasteiger partial charge in [0.1, 0.15) is 18.9 Å². The fourth-order valence-corrected chi connectivity index (χ4v) is 3.64. The Kier molecular flexibility index (Phi) is 6.82. The van der Waals surface area contributed by atoms with Gasteiger partial charge >= 0.3 is 0 Å². The first-order valence-electron chi connectivity index (χ1n) is 7.67. The minimum absolute atomic E-state index is 0.337. The molecule has 0 saturated carbocycles. The van der Waals surface area contributed by atoms with Crippen molar-refractivity contribution in [2.24, 2.45) is 0 Å². The summed E-state index contributed by atoms with van der Waals surface area (Å²) in [5.41, 5.74) is 0.944. The number of halogens is 1. The van der Waals surface area contributed by atoms with Crippen LogP contribution in [0.4, 0.5) is 11.4 Å². The predicted octanol–water partition coefficient (Wildman–Crippen LogP) is 3.42. The molecule has 0 aliphatic heterocycles. The molecule has 0 aliphatic rings. The number of hydrogen-bond acceptors (Lipinski definition) is 4. The number of amides is 1. The van der Waals surface area contributed by atoms with Gasteiger partial charge in [-0.05, 0) is 52.3 Å². The Balaban J connectivity index is 2.11. The van der Waals surface area contributed by atoms with Crippen LogP contribution in [0.5, 0.6) is 5.75 Å². The van der Waals surface area contributed by atoms with E-state index in [1.54, 1.807) is 54.6 Å². The maximum absolute atomic E-state index is 12.3. The van der Waals surface area contributed by atoms with Crippen molar-refractivity contribution >= 4 is 43.2 Å². The van der Waals surface area contributed by atoms with Crippen LogP contribution < -0.4 is 14.4 Å². The molecule has 2 aromatic rings. The molecule has 8 heteroatoms. The van der Waals surface area contributed by atoms with Gasteiger partial charge in [-0.15, -0.1) is 0 Å². The van der Waals surface area contributed by atoms with Gasteiger partial charge < -0.3 is 10.1 Å². The number of nitrogens with one attached hydrogen (secondary N) is 1. The minimum Gasteiger partial charge on any atom is -0.490 e. The summed E-state index contributed by atoms with van der Waals surface area (Å²) in [6.45, 7) is 3.62. The fraction of sp³-hybridized carbons (Fsp3) is 0.167. The van der Waals surface area contributed by atoms with E-state index in [1.165, 1.54) is 0 Å². The van der Waals surface area contributed by atoms with Crippen molar-refractivity contribution in [2.75, 3.05) is 29.0 Å². The molecule has 0 aliphatic carbocycles. The highest BCUT2D eigenvalue weighted by molar-refractivity contribution is 9.10. The Morgan fingerprint density at radius 1 is 1.23 bits per heavy atom.